The first-order valence-corrected chi connectivity index (χ1v) is 9.26. The average molecular weight is 376 g/mol. The number of hydrogen-bond acceptors (Lipinski definition) is 5. The van der Waals surface area contributed by atoms with Crippen LogP contribution in [0.5, 0.6) is 0 Å². The van der Waals surface area contributed by atoms with Crippen molar-refractivity contribution in [3.63, 3.8) is 0 Å². The number of nitro benzene ring substituents is 1. The number of carbonyl (C=O) groups is 1. The summed E-state index contributed by atoms with van der Waals surface area (Å²) in [6.07, 6.45) is 3.27. The minimum atomic E-state index is -0.376. The maximum absolute atomic E-state index is 12.3. The van der Waals surface area contributed by atoms with E-state index in [2.05, 4.69) is 15.2 Å². The fourth-order valence-corrected chi connectivity index (χ4v) is 3.68. The van der Waals surface area contributed by atoms with Gasteiger partial charge in [-0.05, 0) is 43.2 Å². The van der Waals surface area contributed by atoms with E-state index in [0.717, 1.165) is 31.6 Å². The van der Waals surface area contributed by atoms with E-state index in [1.54, 1.807) is 42.6 Å². The number of carbonyl (C=O) groups excluding carboxylic acids is 1. The van der Waals surface area contributed by atoms with Gasteiger partial charge in [0.05, 0.1) is 16.0 Å². The molecule has 1 amide bonds. The van der Waals surface area contributed by atoms with Gasteiger partial charge in [-0.15, -0.1) is 0 Å². The highest BCUT2D eigenvalue weighted by Gasteiger charge is 2.24. The fourth-order valence-electron chi connectivity index (χ4n) is 3.68. The highest BCUT2D eigenvalue weighted by atomic mass is 16.6. The van der Waals surface area contributed by atoms with Crippen LogP contribution in [0.3, 0.4) is 0 Å². The quantitative estimate of drug-likeness (QED) is 0.556. The van der Waals surface area contributed by atoms with E-state index in [1.165, 1.54) is 0 Å². The van der Waals surface area contributed by atoms with Gasteiger partial charge in [0.25, 0.3) is 11.6 Å². The van der Waals surface area contributed by atoms with Crippen LogP contribution in [0, 0.1) is 10.1 Å². The lowest BCUT2D eigenvalue weighted by Crippen LogP contribution is -2.44. The lowest BCUT2D eigenvalue weighted by Gasteiger charge is -2.34. The summed E-state index contributed by atoms with van der Waals surface area (Å²) in [4.78, 5) is 29.8. The maximum atomic E-state index is 12.3. The summed E-state index contributed by atoms with van der Waals surface area (Å²) in [6.45, 7) is 1.51. The molecule has 4 rings (SSSR count). The molecular weight excluding hydrogens is 356 g/mol. The Morgan fingerprint density at radius 2 is 1.82 bits per heavy atom. The molecule has 1 N–H and O–H groups in total. The van der Waals surface area contributed by atoms with E-state index in [9.17, 15) is 14.9 Å². The average Bonchev–Trinajstić information content (AvgIpc) is 2.74. The Labute approximate surface area is 162 Å². The van der Waals surface area contributed by atoms with Gasteiger partial charge in [0.1, 0.15) is 5.52 Å². The standard InChI is InChI=1S/C21H20N4O3/c26-21(15-5-2-1-3-6-15)23-16-10-13-24(14-11-16)19-9-8-18(25(27)28)17-7-4-12-22-20(17)19/h1-9,12,16H,10-11,13-14H2,(H,23,26). The monoisotopic (exact) mass is 376 g/mol. The van der Waals surface area contributed by atoms with Gasteiger partial charge in [-0.3, -0.25) is 19.9 Å². The number of hydrogen-bond donors (Lipinski definition) is 1. The van der Waals surface area contributed by atoms with Gasteiger partial charge < -0.3 is 10.2 Å². The van der Waals surface area contributed by atoms with Crippen molar-refractivity contribution in [1.29, 1.82) is 0 Å². The molecule has 7 nitrogen and oxygen atoms in total. The van der Waals surface area contributed by atoms with Crippen molar-refractivity contribution in [2.75, 3.05) is 18.0 Å². The summed E-state index contributed by atoms with van der Waals surface area (Å²) >= 11 is 0. The molecule has 1 saturated heterocycles. The summed E-state index contributed by atoms with van der Waals surface area (Å²) in [6, 6.07) is 16.1. The molecule has 0 bridgehead atoms. The maximum Gasteiger partial charge on any atom is 0.278 e. The molecule has 2 aromatic carbocycles. The number of fused-ring (bicyclic) bond motifs is 1. The van der Waals surface area contributed by atoms with Crippen LogP contribution >= 0.6 is 0 Å². The molecule has 0 radical (unpaired) electrons. The van der Waals surface area contributed by atoms with E-state index < -0.39 is 0 Å². The molecule has 0 unspecified atom stereocenters. The molecule has 1 aromatic heterocycles. The third-order valence-electron chi connectivity index (χ3n) is 5.13. The number of rotatable bonds is 4. The van der Waals surface area contributed by atoms with Crippen molar-refractivity contribution < 1.29 is 9.72 Å². The summed E-state index contributed by atoms with van der Waals surface area (Å²) in [7, 11) is 0. The number of amides is 1. The molecule has 0 atom stereocenters. The second-order valence-corrected chi connectivity index (χ2v) is 6.86. The van der Waals surface area contributed by atoms with Gasteiger partial charge in [-0.2, -0.15) is 0 Å². The molecule has 2 heterocycles. The second kappa shape index (κ2) is 7.64. The summed E-state index contributed by atoms with van der Waals surface area (Å²) in [5, 5.41) is 14.9. The highest BCUT2D eigenvalue weighted by Crippen LogP contribution is 2.33. The van der Waals surface area contributed by atoms with Crippen molar-refractivity contribution in [1.82, 2.24) is 10.3 Å². The zero-order valence-corrected chi connectivity index (χ0v) is 15.2. The van der Waals surface area contributed by atoms with Crippen LogP contribution in [0.25, 0.3) is 10.9 Å². The topological polar surface area (TPSA) is 88.4 Å². The zero-order chi connectivity index (χ0) is 19.5. The molecule has 1 fully saturated rings. The predicted octanol–water partition coefficient (Wildman–Crippen LogP) is 3.54. The van der Waals surface area contributed by atoms with Gasteiger partial charge in [0.2, 0.25) is 0 Å². The number of nitrogens with zero attached hydrogens (tertiary/aromatic N) is 3. The van der Waals surface area contributed by atoms with E-state index >= 15 is 0 Å². The van der Waals surface area contributed by atoms with Crippen molar-refractivity contribution in [3.8, 4) is 0 Å². The SMILES string of the molecule is O=C(NC1CCN(c2ccc([N+](=O)[O-])c3cccnc23)CC1)c1ccccc1. The second-order valence-electron chi connectivity index (χ2n) is 6.86. The normalized spacial score (nSPS) is 14.8. The lowest BCUT2D eigenvalue weighted by atomic mass is 10.0. The summed E-state index contributed by atoms with van der Waals surface area (Å²) in [5.41, 5.74) is 2.27. The first kappa shape index (κ1) is 17.9. The van der Waals surface area contributed by atoms with Crippen molar-refractivity contribution in [2.24, 2.45) is 0 Å². The zero-order valence-electron chi connectivity index (χ0n) is 15.2. The number of aromatic nitrogens is 1. The minimum absolute atomic E-state index is 0.0542. The molecular formula is C21H20N4O3. The van der Waals surface area contributed by atoms with Crippen LogP contribution in [0.15, 0.2) is 60.8 Å². The Balaban J connectivity index is 1.48. The number of nitro groups is 1. The molecule has 7 heteroatoms. The number of anilines is 1. The molecule has 1 aliphatic rings. The van der Waals surface area contributed by atoms with E-state index in [1.807, 2.05) is 18.2 Å². The summed E-state index contributed by atoms with van der Waals surface area (Å²) in [5.74, 6) is -0.0542. The molecule has 28 heavy (non-hydrogen) atoms. The highest BCUT2D eigenvalue weighted by molar-refractivity contribution is 5.97. The van der Waals surface area contributed by atoms with Crippen LogP contribution < -0.4 is 10.2 Å². The van der Waals surface area contributed by atoms with Crippen molar-refractivity contribution >= 4 is 28.2 Å². The van der Waals surface area contributed by atoms with Crippen LogP contribution in [0.4, 0.5) is 11.4 Å². The Morgan fingerprint density at radius 3 is 2.54 bits per heavy atom. The van der Waals surface area contributed by atoms with E-state index in [4.69, 9.17) is 0 Å². The number of non-ortho nitro benzene ring substituents is 1. The minimum Gasteiger partial charge on any atom is -0.370 e. The number of benzene rings is 2. The Bertz CT molecular complexity index is 1010. The molecule has 3 aromatic rings. The third-order valence-corrected chi connectivity index (χ3v) is 5.13. The Kier molecular flexibility index (Phi) is 4.89. The van der Waals surface area contributed by atoms with Crippen LogP contribution in [0.2, 0.25) is 0 Å². The first-order chi connectivity index (χ1) is 13.6. The largest absolute Gasteiger partial charge is 0.370 e. The number of piperidine rings is 1. The van der Waals surface area contributed by atoms with Crippen LogP contribution in [-0.2, 0) is 0 Å². The Morgan fingerprint density at radius 1 is 1.07 bits per heavy atom. The molecule has 0 saturated carbocycles. The van der Waals surface area contributed by atoms with Crippen molar-refractivity contribution in [2.45, 2.75) is 18.9 Å². The van der Waals surface area contributed by atoms with Gasteiger partial charge in [0.15, 0.2) is 0 Å². The van der Waals surface area contributed by atoms with Crippen molar-refractivity contribution in [3.05, 3.63) is 76.5 Å². The number of pyridine rings is 1. The van der Waals surface area contributed by atoms with Gasteiger partial charge in [-0.1, -0.05) is 18.2 Å². The fraction of sp³-hybridized carbons (Fsp3) is 0.238. The van der Waals surface area contributed by atoms with Crippen LogP contribution in [-0.4, -0.2) is 34.9 Å². The van der Waals surface area contributed by atoms with Gasteiger partial charge >= 0.3 is 0 Å². The Hall–Kier alpha value is -3.48. The van der Waals surface area contributed by atoms with Gasteiger partial charge in [-0.25, -0.2) is 0 Å². The smallest absolute Gasteiger partial charge is 0.278 e. The van der Waals surface area contributed by atoms with Crippen LogP contribution in [0.1, 0.15) is 23.2 Å². The first-order valence-electron chi connectivity index (χ1n) is 9.26. The van der Waals surface area contributed by atoms with E-state index in [-0.39, 0.29) is 22.6 Å². The molecule has 0 spiro atoms. The number of nitrogens with one attached hydrogen (secondary N) is 1. The summed E-state index contributed by atoms with van der Waals surface area (Å²) < 4.78 is 0. The molecule has 1 aliphatic heterocycles. The molecule has 142 valence electrons. The van der Waals surface area contributed by atoms with Gasteiger partial charge in [0, 0.05) is 37.0 Å². The predicted molar refractivity (Wildman–Crippen MR) is 108 cm³/mol. The third kappa shape index (κ3) is 3.51. The van der Waals surface area contributed by atoms with E-state index in [0.29, 0.717) is 16.5 Å². The lowest BCUT2D eigenvalue weighted by molar-refractivity contribution is -0.383. The molecule has 0 aliphatic carbocycles.